The molecule has 0 amide bonds. The quantitative estimate of drug-likeness (QED) is 0.236. The number of hydrogen-bond acceptors (Lipinski definition) is 1. The summed E-state index contributed by atoms with van der Waals surface area (Å²) >= 11 is 0. The van der Waals surface area contributed by atoms with Crippen molar-refractivity contribution in [2.45, 2.75) is 150 Å². The number of rotatable bonds is 17. The molecule has 1 N–H and O–H groups in total. The van der Waals surface area contributed by atoms with Crippen LogP contribution in [0.15, 0.2) is 0 Å². The van der Waals surface area contributed by atoms with E-state index in [2.05, 4.69) is 39.9 Å². The topological polar surface area (TPSA) is 12.0 Å². The van der Waals surface area contributed by atoms with E-state index >= 15 is 0 Å². The Labute approximate surface area is 181 Å². The van der Waals surface area contributed by atoms with E-state index in [0.29, 0.717) is 0 Å². The van der Waals surface area contributed by atoms with Crippen LogP contribution in [0.2, 0.25) is 0 Å². The molecular formula is C25H58ClN. The Bertz CT molecular complexity index is 153. The van der Waals surface area contributed by atoms with Gasteiger partial charge >= 0.3 is 0 Å². The highest BCUT2D eigenvalue weighted by Gasteiger charge is 1.87. The minimum absolute atomic E-state index is 0. The Balaban J connectivity index is -0.000000146. The Morgan fingerprint density at radius 3 is 0.815 bits per heavy atom. The zero-order valence-corrected chi connectivity index (χ0v) is 21.2. The summed E-state index contributed by atoms with van der Waals surface area (Å²) in [7, 11) is 2.02. The molecule has 0 saturated heterocycles. The highest BCUT2D eigenvalue weighted by molar-refractivity contribution is 5.85. The maximum Gasteiger partial charge on any atom is -0.00519 e. The number of nitrogens with one attached hydrogen (secondary N) is 1. The lowest BCUT2D eigenvalue weighted by atomic mass is 10.1. The van der Waals surface area contributed by atoms with E-state index in [1.165, 1.54) is 122 Å². The van der Waals surface area contributed by atoms with Crippen molar-refractivity contribution >= 4 is 12.4 Å². The maximum absolute atomic E-state index is 3.16. The summed E-state index contributed by atoms with van der Waals surface area (Å²) < 4.78 is 0. The van der Waals surface area contributed by atoms with Crippen LogP contribution >= 0.6 is 12.4 Å². The largest absolute Gasteiger partial charge is 0.320 e. The normalized spacial score (nSPS) is 9.56. The molecule has 0 fully saturated rings. The standard InChI is InChI=1S/C9H21N.2C8H18.ClH/c1-3-4-5-6-7-8-9-10-2;2*1-3-5-7-8-6-4-2;/h10H,3-9H2,1-2H3;2*3-8H2,1-2H3;1H. The molecule has 0 aromatic carbocycles. The SMILES string of the molecule is CCCCCCCC.CCCCCCCC.CCCCCCCCNC.Cl. The monoisotopic (exact) mass is 407 g/mol. The molecule has 0 unspecified atom stereocenters. The molecule has 27 heavy (non-hydrogen) atoms. The Morgan fingerprint density at radius 1 is 0.370 bits per heavy atom. The van der Waals surface area contributed by atoms with Crippen LogP contribution in [0.25, 0.3) is 0 Å². The molecule has 2 heteroatoms. The van der Waals surface area contributed by atoms with Crippen molar-refractivity contribution in [2.24, 2.45) is 0 Å². The fourth-order valence-electron chi connectivity index (χ4n) is 2.79. The molecule has 0 rings (SSSR count). The molecule has 0 aromatic heterocycles. The molecule has 0 radical (unpaired) electrons. The van der Waals surface area contributed by atoms with Gasteiger partial charge in [-0.25, -0.2) is 0 Å². The van der Waals surface area contributed by atoms with Crippen molar-refractivity contribution in [3.63, 3.8) is 0 Å². The van der Waals surface area contributed by atoms with E-state index < -0.39 is 0 Å². The van der Waals surface area contributed by atoms with Crippen molar-refractivity contribution in [3.05, 3.63) is 0 Å². The summed E-state index contributed by atoms with van der Waals surface area (Å²) in [5.74, 6) is 0. The molecule has 0 aliphatic carbocycles. The first-order chi connectivity index (χ1) is 12.7. The third-order valence-electron chi connectivity index (χ3n) is 4.69. The number of hydrogen-bond donors (Lipinski definition) is 1. The smallest absolute Gasteiger partial charge is 0.00519 e. The predicted octanol–water partition coefficient (Wildman–Crippen LogP) is 9.72. The molecule has 0 aliphatic rings. The first kappa shape index (κ1) is 34.7. The van der Waals surface area contributed by atoms with E-state index in [9.17, 15) is 0 Å². The van der Waals surface area contributed by atoms with Crippen molar-refractivity contribution in [2.75, 3.05) is 13.6 Å². The molecule has 1 nitrogen and oxygen atoms in total. The molecule has 0 aromatic rings. The third-order valence-corrected chi connectivity index (χ3v) is 4.69. The molecule has 0 atom stereocenters. The average Bonchev–Trinajstić information content (AvgIpc) is 2.66. The molecule has 0 bridgehead atoms. The zero-order chi connectivity index (χ0) is 20.1. The summed E-state index contributed by atoms with van der Waals surface area (Å²) in [5.41, 5.74) is 0. The maximum atomic E-state index is 3.16. The van der Waals surface area contributed by atoms with Gasteiger partial charge in [0.05, 0.1) is 0 Å². The van der Waals surface area contributed by atoms with Crippen molar-refractivity contribution in [1.82, 2.24) is 5.32 Å². The second kappa shape index (κ2) is 40.8. The fraction of sp³-hybridized carbons (Fsp3) is 1.00. The average molecular weight is 408 g/mol. The van der Waals surface area contributed by atoms with E-state index in [1.807, 2.05) is 7.05 Å². The van der Waals surface area contributed by atoms with E-state index in [0.717, 1.165) is 0 Å². The van der Waals surface area contributed by atoms with Gasteiger partial charge in [0.25, 0.3) is 0 Å². The molecule has 0 saturated carbocycles. The van der Waals surface area contributed by atoms with Crippen LogP contribution in [-0.4, -0.2) is 13.6 Å². The van der Waals surface area contributed by atoms with Crippen molar-refractivity contribution in [3.8, 4) is 0 Å². The highest BCUT2D eigenvalue weighted by atomic mass is 35.5. The van der Waals surface area contributed by atoms with Crippen LogP contribution in [0.4, 0.5) is 0 Å². The van der Waals surface area contributed by atoms with Crippen LogP contribution in [0.1, 0.15) is 150 Å². The predicted molar refractivity (Wildman–Crippen MR) is 133 cm³/mol. The Hall–Kier alpha value is 0.250. The van der Waals surface area contributed by atoms with Crippen LogP contribution in [0.5, 0.6) is 0 Å². The summed E-state index contributed by atoms with van der Waals surface area (Å²) in [6.45, 7) is 12.5. The summed E-state index contributed by atoms with van der Waals surface area (Å²) in [5, 5.41) is 3.16. The molecule has 0 aliphatic heterocycles. The van der Waals surface area contributed by atoms with Gasteiger partial charge in [0, 0.05) is 0 Å². The van der Waals surface area contributed by atoms with Crippen LogP contribution in [0, 0.1) is 0 Å². The number of unbranched alkanes of at least 4 members (excludes halogenated alkanes) is 15. The summed E-state index contributed by atoms with van der Waals surface area (Å²) in [4.78, 5) is 0. The second-order valence-electron chi connectivity index (χ2n) is 7.70. The van der Waals surface area contributed by atoms with Gasteiger partial charge in [-0.3, -0.25) is 0 Å². The van der Waals surface area contributed by atoms with E-state index in [4.69, 9.17) is 0 Å². The molecule has 0 spiro atoms. The highest BCUT2D eigenvalue weighted by Crippen LogP contribution is 2.04. The lowest BCUT2D eigenvalue weighted by Gasteiger charge is -1.98. The van der Waals surface area contributed by atoms with Gasteiger partial charge in [-0.1, -0.05) is 144 Å². The van der Waals surface area contributed by atoms with Crippen LogP contribution in [-0.2, 0) is 0 Å². The Kier molecular flexibility index (Phi) is 52.5. The lowest BCUT2D eigenvalue weighted by molar-refractivity contribution is 0.592. The number of halogens is 1. The van der Waals surface area contributed by atoms with E-state index in [1.54, 1.807) is 0 Å². The van der Waals surface area contributed by atoms with Gasteiger partial charge < -0.3 is 5.32 Å². The van der Waals surface area contributed by atoms with Crippen molar-refractivity contribution < 1.29 is 0 Å². The lowest BCUT2D eigenvalue weighted by Crippen LogP contribution is -2.06. The second-order valence-corrected chi connectivity index (χ2v) is 7.70. The molecular weight excluding hydrogens is 350 g/mol. The van der Waals surface area contributed by atoms with Crippen LogP contribution in [0.3, 0.4) is 0 Å². The molecule has 0 heterocycles. The molecule has 170 valence electrons. The van der Waals surface area contributed by atoms with Crippen molar-refractivity contribution in [1.29, 1.82) is 0 Å². The van der Waals surface area contributed by atoms with E-state index in [-0.39, 0.29) is 12.4 Å². The first-order valence-electron chi connectivity index (χ1n) is 12.4. The fourth-order valence-corrected chi connectivity index (χ4v) is 2.79. The summed E-state index contributed by atoms with van der Waals surface area (Å²) in [6, 6.07) is 0. The van der Waals surface area contributed by atoms with Gasteiger partial charge in [-0.2, -0.15) is 0 Å². The third kappa shape index (κ3) is 51.9. The van der Waals surface area contributed by atoms with Gasteiger partial charge in [-0.15, -0.1) is 12.4 Å². The van der Waals surface area contributed by atoms with Crippen LogP contribution < -0.4 is 5.32 Å². The zero-order valence-electron chi connectivity index (χ0n) is 20.3. The van der Waals surface area contributed by atoms with Gasteiger partial charge in [0.1, 0.15) is 0 Å². The van der Waals surface area contributed by atoms with Gasteiger partial charge in [-0.05, 0) is 20.0 Å². The summed E-state index contributed by atoms with van der Waals surface area (Å²) in [6.07, 6.45) is 25.4. The first-order valence-corrected chi connectivity index (χ1v) is 12.4. The minimum atomic E-state index is 0. The van der Waals surface area contributed by atoms with Gasteiger partial charge in [0.15, 0.2) is 0 Å². The Morgan fingerprint density at radius 2 is 0.593 bits per heavy atom. The van der Waals surface area contributed by atoms with Gasteiger partial charge in [0.2, 0.25) is 0 Å². The minimum Gasteiger partial charge on any atom is -0.320 e.